The number of benzene rings is 2. The van der Waals surface area contributed by atoms with Crippen LogP contribution >= 0.6 is 0 Å². The zero-order chi connectivity index (χ0) is 16.8. The molecule has 0 unspecified atom stereocenters. The van der Waals surface area contributed by atoms with Crippen molar-refractivity contribution in [3.05, 3.63) is 72.1 Å². The maximum Gasteiger partial charge on any atom is 0.244 e. The Hall–Kier alpha value is -2.88. The number of aryl methyl sites for hydroxylation is 1. The van der Waals surface area contributed by atoms with E-state index in [0.29, 0.717) is 6.54 Å². The van der Waals surface area contributed by atoms with Crippen LogP contribution in [-0.2, 0) is 17.9 Å². The summed E-state index contributed by atoms with van der Waals surface area (Å²) in [7, 11) is 0. The molecule has 0 fully saturated rings. The van der Waals surface area contributed by atoms with Crippen LogP contribution in [0.3, 0.4) is 0 Å². The molecule has 3 aromatic rings. The number of nitrogens with one attached hydrogen (secondary N) is 1. The highest BCUT2D eigenvalue weighted by atomic mass is 16.1. The molecular formula is C20H21N3O. The first-order valence-corrected chi connectivity index (χ1v) is 8.23. The monoisotopic (exact) mass is 319 g/mol. The third kappa shape index (κ3) is 3.71. The molecule has 4 nitrogen and oxygen atoms in total. The van der Waals surface area contributed by atoms with Crippen LogP contribution in [0.2, 0.25) is 0 Å². The van der Waals surface area contributed by atoms with Crippen LogP contribution in [0.5, 0.6) is 0 Å². The van der Waals surface area contributed by atoms with E-state index >= 15 is 0 Å². The molecule has 0 atom stereocenters. The van der Waals surface area contributed by atoms with E-state index in [9.17, 15) is 4.79 Å². The molecule has 1 aromatic heterocycles. The van der Waals surface area contributed by atoms with Gasteiger partial charge in [-0.3, -0.25) is 4.79 Å². The van der Waals surface area contributed by atoms with Crippen molar-refractivity contribution < 1.29 is 4.79 Å². The van der Waals surface area contributed by atoms with Gasteiger partial charge in [-0.2, -0.15) is 0 Å². The molecule has 1 heterocycles. The Balaban J connectivity index is 1.70. The Morgan fingerprint density at radius 3 is 2.67 bits per heavy atom. The summed E-state index contributed by atoms with van der Waals surface area (Å²) < 4.78 is 2.18. The topological polar surface area (TPSA) is 46.9 Å². The second-order valence-electron chi connectivity index (χ2n) is 5.63. The van der Waals surface area contributed by atoms with E-state index in [-0.39, 0.29) is 5.91 Å². The van der Waals surface area contributed by atoms with E-state index in [4.69, 9.17) is 0 Å². The van der Waals surface area contributed by atoms with Crippen LogP contribution in [0, 0.1) is 0 Å². The molecule has 0 saturated carbocycles. The Labute approximate surface area is 141 Å². The van der Waals surface area contributed by atoms with Gasteiger partial charge in [-0.25, -0.2) is 4.98 Å². The van der Waals surface area contributed by atoms with Gasteiger partial charge in [-0.15, -0.1) is 0 Å². The summed E-state index contributed by atoms with van der Waals surface area (Å²) >= 11 is 0. The molecule has 0 bridgehead atoms. The van der Waals surface area contributed by atoms with Gasteiger partial charge in [0, 0.05) is 12.6 Å². The van der Waals surface area contributed by atoms with Gasteiger partial charge >= 0.3 is 0 Å². The number of para-hydroxylation sites is 2. The molecule has 3 rings (SSSR count). The Morgan fingerprint density at radius 2 is 1.88 bits per heavy atom. The SMILES string of the molecule is CCCn1c(CNC(=O)/C=C\c2ccccc2)nc2ccccc21. The van der Waals surface area contributed by atoms with Crippen molar-refractivity contribution >= 4 is 23.0 Å². The number of carbonyl (C=O) groups excluding carboxylic acids is 1. The second kappa shape index (κ2) is 7.59. The Kier molecular flexibility index (Phi) is 5.06. The van der Waals surface area contributed by atoms with Gasteiger partial charge in [0.1, 0.15) is 5.82 Å². The van der Waals surface area contributed by atoms with Crippen molar-refractivity contribution in [3.8, 4) is 0 Å². The number of amides is 1. The van der Waals surface area contributed by atoms with E-state index in [0.717, 1.165) is 35.4 Å². The molecule has 4 heteroatoms. The first-order chi connectivity index (χ1) is 11.8. The van der Waals surface area contributed by atoms with E-state index < -0.39 is 0 Å². The van der Waals surface area contributed by atoms with Crippen molar-refractivity contribution in [1.29, 1.82) is 0 Å². The number of rotatable bonds is 6. The highest BCUT2D eigenvalue weighted by Crippen LogP contribution is 2.16. The van der Waals surface area contributed by atoms with E-state index in [2.05, 4.69) is 27.9 Å². The van der Waals surface area contributed by atoms with Crippen LogP contribution in [0.25, 0.3) is 17.1 Å². The number of carbonyl (C=O) groups is 1. The minimum Gasteiger partial charge on any atom is -0.345 e. The molecule has 24 heavy (non-hydrogen) atoms. The van der Waals surface area contributed by atoms with Gasteiger partial charge in [0.05, 0.1) is 17.6 Å². The molecule has 0 aliphatic carbocycles. The summed E-state index contributed by atoms with van der Waals surface area (Å²) in [6, 6.07) is 17.8. The van der Waals surface area contributed by atoms with Crippen molar-refractivity contribution in [2.24, 2.45) is 0 Å². The van der Waals surface area contributed by atoms with Crippen LogP contribution in [-0.4, -0.2) is 15.5 Å². The van der Waals surface area contributed by atoms with Gasteiger partial charge in [-0.1, -0.05) is 49.4 Å². The second-order valence-corrected chi connectivity index (χ2v) is 5.63. The smallest absolute Gasteiger partial charge is 0.244 e. The highest BCUT2D eigenvalue weighted by Gasteiger charge is 2.10. The van der Waals surface area contributed by atoms with E-state index in [1.54, 1.807) is 6.08 Å². The molecule has 0 spiro atoms. The lowest BCUT2D eigenvalue weighted by molar-refractivity contribution is -0.116. The van der Waals surface area contributed by atoms with Crippen molar-refractivity contribution in [1.82, 2.24) is 14.9 Å². The average Bonchev–Trinajstić information content (AvgIpc) is 2.97. The largest absolute Gasteiger partial charge is 0.345 e. The van der Waals surface area contributed by atoms with Gasteiger partial charge < -0.3 is 9.88 Å². The predicted molar refractivity (Wildman–Crippen MR) is 97.3 cm³/mol. The molecule has 0 aliphatic heterocycles. The number of hydrogen-bond donors (Lipinski definition) is 1. The number of imidazole rings is 1. The van der Waals surface area contributed by atoms with Gasteiger partial charge in [0.2, 0.25) is 5.91 Å². The van der Waals surface area contributed by atoms with Crippen LogP contribution < -0.4 is 5.32 Å². The average molecular weight is 319 g/mol. The fraction of sp³-hybridized carbons (Fsp3) is 0.200. The lowest BCUT2D eigenvalue weighted by Crippen LogP contribution is -2.22. The lowest BCUT2D eigenvalue weighted by atomic mass is 10.2. The first kappa shape index (κ1) is 16.0. The summed E-state index contributed by atoms with van der Waals surface area (Å²) in [6.07, 6.45) is 4.39. The number of fused-ring (bicyclic) bond motifs is 1. The zero-order valence-corrected chi connectivity index (χ0v) is 13.8. The Bertz CT molecular complexity index is 850. The maximum absolute atomic E-state index is 12.0. The molecule has 0 saturated heterocycles. The van der Waals surface area contributed by atoms with E-state index in [1.807, 2.05) is 54.6 Å². The predicted octanol–water partition coefficient (Wildman–Crippen LogP) is 3.78. The standard InChI is InChI=1S/C20H21N3O/c1-2-14-23-18-11-7-6-10-17(18)22-19(23)15-21-20(24)13-12-16-8-4-3-5-9-16/h3-13H,2,14-15H2,1H3,(H,21,24)/b13-12-. The molecular weight excluding hydrogens is 298 g/mol. The minimum atomic E-state index is -0.117. The summed E-state index contributed by atoms with van der Waals surface area (Å²) in [4.78, 5) is 16.7. The summed E-state index contributed by atoms with van der Waals surface area (Å²) in [5.74, 6) is 0.772. The quantitative estimate of drug-likeness (QED) is 0.703. The number of nitrogens with zero attached hydrogens (tertiary/aromatic N) is 2. The Morgan fingerprint density at radius 1 is 1.12 bits per heavy atom. The summed E-state index contributed by atoms with van der Waals surface area (Å²) in [5, 5.41) is 2.92. The molecule has 0 aliphatic rings. The van der Waals surface area contributed by atoms with Gasteiger partial charge in [0.25, 0.3) is 0 Å². The van der Waals surface area contributed by atoms with Crippen molar-refractivity contribution in [2.45, 2.75) is 26.4 Å². The molecule has 122 valence electrons. The zero-order valence-electron chi connectivity index (χ0n) is 13.8. The maximum atomic E-state index is 12.0. The van der Waals surface area contributed by atoms with Crippen LogP contribution in [0.4, 0.5) is 0 Å². The van der Waals surface area contributed by atoms with E-state index in [1.165, 1.54) is 0 Å². The fourth-order valence-electron chi connectivity index (χ4n) is 2.69. The first-order valence-electron chi connectivity index (χ1n) is 8.23. The van der Waals surface area contributed by atoms with Gasteiger partial charge in [-0.05, 0) is 30.2 Å². The fourth-order valence-corrected chi connectivity index (χ4v) is 2.69. The minimum absolute atomic E-state index is 0.117. The third-order valence-electron chi connectivity index (χ3n) is 3.83. The van der Waals surface area contributed by atoms with Crippen LogP contribution in [0.15, 0.2) is 60.7 Å². The molecule has 1 amide bonds. The number of aromatic nitrogens is 2. The molecule has 2 aromatic carbocycles. The third-order valence-corrected chi connectivity index (χ3v) is 3.83. The highest BCUT2D eigenvalue weighted by molar-refractivity contribution is 5.91. The summed E-state index contributed by atoms with van der Waals surface area (Å²) in [6.45, 7) is 3.46. The molecule has 1 N–H and O–H groups in total. The number of hydrogen-bond acceptors (Lipinski definition) is 2. The summed E-state index contributed by atoms with van der Waals surface area (Å²) in [5.41, 5.74) is 3.09. The molecule has 0 radical (unpaired) electrons. The normalized spacial score (nSPS) is 11.2. The van der Waals surface area contributed by atoms with Crippen molar-refractivity contribution in [2.75, 3.05) is 0 Å². The van der Waals surface area contributed by atoms with Crippen molar-refractivity contribution in [3.63, 3.8) is 0 Å². The lowest BCUT2D eigenvalue weighted by Gasteiger charge is -2.08. The van der Waals surface area contributed by atoms with Gasteiger partial charge in [0.15, 0.2) is 0 Å². The van der Waals surface area contributed by atoms with Crippen LogP contribution in [0.1, 0.15) is 24.7 Å².